The van der Waals surface area contributed by atoms with Crippen LogP contribution >= 0.6 is 0 Å². The minimum Gasteiger partial charge on any atom is -0.355 e. The molecule has 19 heavy (non-hydrogen) atoms. The fourth-order valence-corrected chi connectivity index (χ4v) is 1.79. The van der Waals surface area contributed by atoms with Crippen molar-refractivity contribution in [3.8, 4) is 0 Å². The lowest BCUT2D eigenvalue weighted by molar-refractivity contribution is -0.122. The second kappa shape index (κ2) is 8.64. The number of nitrogens with one attached hydrogen (secondary N) is 2. The lowest BCUT2D eigenvalue weighted by Crippen LogP contribution is -2.42. The monoisotopic (exact) mass is 263 g/mol. The van der Waals surface area contributed by atoms with Crippen molar-refractivity contribution in [2.45, 2.75) is 52.6 Å². The van der Waals surface area contributed by atoms with Gasteiger partial charge in [0.1, 0.15) is 0 Å². The van der Waals surface area contributed by atoms with Gasteiger partial charge in [0.25, 0.3) is 0 Å². The van der Waals surface area contributed by atoms with E-state index in [1.54, 1.807) is 6.20 Å². The first-order valence-electron chi connectivity index (χ1n) is 7.06. The highest BCUT2D eigenvalue weighted by Gasteiger charge is 2.11. The Hall–Kier alpha value is -1.42. The summed E-state index contributed by atoms with van der Waals surface area (Å²) in [5, 5.41) is 6.15. The SMILES string of the molecule is CCCCCNC(=O)C(C)NCc1ncccc1C. The van der Waals surface area contributed by atoms with Gasteiger partial charge in [0.15, 0.2) is 0 Å². The molecule has 4 heteroatoms. The van der Waals surface area contributed by atoms with Gasteiger partial charge >= 0.3 is 0 Å². The molecule has 0 bridgehead atoms. The molecule has 0 aliphatic carbocycles. The van der Waals surface area contributed by atoms with E-state index >= 15 is 0 Å². The topological polar surface area (TPSA) is 54.0 Å². The predicted molar refractivity (Wildman–Crippen MR) is 77.8 cm³/mol. The van der Waals surface area contributed by atoms with Gasteiger partial charge in [0, 0.05) is 19.3 Å². The summed E-state index contributed by atoms with van der Waals surface area (Å²) in [4.78, 5) is 16.1. The predicted octanol–water partition coefficient (Wildman–Crippen LogP) is 2.17. The third-order valence-corrected chi connectivity index (χ3v) is 3.17. The van der Waals surface area contributed by atoms with Crippen molar-refractivity contribution in [1.82, 2.24) is 15.6 Å². The molecule has 0 saturated carbocycles. The van der Waals surface area contributed by atoms with Crippen LogP contribution < -0.4 is 10.6 Å². The molecule has 0 aliphatic rings. The fraction of sp³-hybridized carbons (Fsp3) is 0.600. The molecule has 4 nitrogen and oxygen atoms in total. The lowest BCUT2D eigenvalue weighted by atomic mass is 10.2. The number of hydrogen-bond donors (Lipinski definition) is 2. The Kier molecular flexibility index (Phi) is 7.11. The van der Waals surface area contributed by atoms with Crippen molar-refractivity contribution in [2.24, 2.45) is 0 Å². The summed E-state index contributed by atoms with van der Waals surface area (Å²) in [7, 11) is 0. The third-order valence-electron chi connectivity index (χ3n) is 3.17. The van der Waals surface area contributed by atoms with Crippen molar-refractivity contribution >= 4 is 5.91 Å². The van der Waals surface area contributed by atoms with Gasteiger partial charge in [-0.05, 0) is 31.9 Å². The van der Waals surface area contributed by atoms with E-state index in [1.807, 2.05) is 26.0 Å². The van der Waals surface area contributed by atoms with Crippen LogP contribution in [-0.2, 0) is 11.3 Å². The molecular weight excluding hydrogens is 238 g/mol. The smallest absolute Gasteiger partial charge is 0.236 e. The van der Waals surface area contributed by atoms with E-state index in [1.165, 1.54) is 6.42 Å². The molecule has 1 aromatic rings. The number of aryl methyl sites for hydroxylation is 1. The van der Waals surface area contributed by atoms with Crippen molar-refractivity contribution in [3.05, 3.63) is 29.6 Å². The van der Waals surface area contributed by atoms with Crippen LogP contribution in [0.2, 0.25) is 0 Å². The Morgan fingerprint density at radius 2 is 2.21 bits per heavy atom. The molecule has 1 rings (SSSR count). The minimum atomic E-state index is -0.192. The number of pyridine rings is 1. The molecule has 1 aromatic heterocycles. The number of aromatic nitrogens is 1. The van der Waals surface area contributed by atoms with Crippen molar-refractivity contribution in [2.75, 3.05) is 6.54 Å². The maximum absolute atomic E-state index is 11.8. The Morgan fingerprint density at radius 3 is 2.89 bits per heavy atom. The van der Waals surface area contributed by atoms with Gasteiger partial charge < -0.3 is 10.6 Å². The summed E-state index contributed by atoms with van der Waals surface area (Å²) in [6.45, 7) is 7.45. The lowest BCUT2D eigenvalue weighted by Gasteiger charge is -2.14. The summed E-state index contributed by atoms with van der Waals surface area (Å²) in [5.41, 5.74) is 2.14. The molecule has 1 amide bonds. The number of hydrogen-bond acceptors (Lipinski definition) is 3. The summed E-state index contributed by atoms with van der Waals surface area (Å²) in [6, 6.07) is 3.75. The highest BCUT2D eigenvalue weighted by Crippen LogP contribution is 2.02. The van der Waals surface area contributed by atoms with E-state index in [4.69, 9.17) is 0 Å². The van der Waals surface area contributed by atoms with Crippen molar-refractivity contribution in [3.63, 3.8) is 0 Å². The quantitative estimate of drug-likeness (QED) is 0.707. The summed E-state index contributed by atoms with van der Waals surface area (Å²) >= 11 is 0. The number of amides is 1. The van der Waals surface area contributed by atoms with Crippen molar-refractivity contribution in [1.29, 1.82) is 0 Å². The van der Waals surface area contributed by atoms with Crippen LogP contribution in [-0.4, -0.2) is 23.5 Å². The van der Waals surface area contributed by atoms with Crippen LogP contribution in [0.1, 0.15) is 44.4 Å². The minimum absolute atomic E-state index is 0.0599. The number of nitrogens with zero attached hydrogens (tertiary/aromatic N) is 1. The molecule has 0 saturated heterocycles. The van der Waals surface area contributed by atoms with Crippen molar-refractivity contribution < 1.29 is 4.79 Å². The van der Waals surface area contributed by atoms with E-state index in [2.05, 4.69) is 22.5 Å². The summed E-state index contributed by atoms with van der Waals surface area (Å²) < 4.78 is 0. The molecule has 1 unspecified atom stereocenters. The average Bonchev–Trinajstić information content (AvgIpc) is 2.42. The van der Waals surface area contributed by atoms with Gasteiger partial charge in [-0.15, -0.1) is 0 Å². The van der Waals surface area contributed by atoms with Gasteiger partial charge in [-0.1, -0.05) is 25.8 Å². The zero-order valence-corrected chi connectivity index (χ0v) is 12.2. The number of carbonyl (C=O) groups excluding carboxylic acids is 1. The van der Waals surface area contributed by atoms with Crippen LogP contribution in [0.4, 0.5) is 0 Å². The molecular formula is C15H25N3O. The van der Waals surface area contributed by atoms with Gasteiger partial charge in [-0.3, -0.25) is 9.78 Å². The first kappa shape index (κ1) is 15.6. The van der Waals surface area contributed by atoms with Crippen LogP contribution in [0.15, 0.2) is 18.3 Å². The third kappa shape index (κ3) is 5.83. The van der Waals surface area contributed by atoms with Crippen LogP contribution in [0.3, 0.4) is 0 Å². The highest BCUT2D eigenvalue weighted by atomic mass is 16.2. The van der Waals surface area contributed by atoms with Gasteiger partial charge in [-0.25, -0.2) is 0 Å². The van der Waals surface area contributed by atoms with Crippen LogP contribution in [0.5, 0.6) is 0 Å². The summed E-state index contributed by atoms with van der Waals surface area (Å²) in [5.74, 6) is 0.0599. The molecule has 0 radical (unpaired) electrons. The standard InChI is InChI=1S/C15H25N3O/c1-4-5-6-9-17-15(19)13(3)18-11-14-12(2)8-7-10-16-14/h7-8,10,13,18H,4-6,9,11H2,1-3H3,(H,17,19). The Labute approximate surface area is 116 Å². The number of unbranched alkanes of at least 4 members (excludes halogenated alkanes) is 2. The van der Waals surface area contributed by atoms with Gasteiger partial charge in [0.2, 0.25) is 5.91 Å². The molecule has 0 fully saturated rings. The maximum Gasteiger partial charge on any atom is 0.236 e. The maximum atomic E-state index is 11.8. The average molecular weight is 263 g/mol. The second-order valence-corrected chi connectivity index (χ2v) is 4.87. The molecule has 1 heterocycles. The first-order valence-corrected chi connectivity index (χ1v) is 7.06. The highest BCUT2D eigenvalue weighted by molar-refractivity contribution is 5.81. The van der Waals surface area contributed by atoms with E-state index in [-0.39, 0.29) is 11.9 Å². The van der Waals surface area contributed by atoms with E-state index in [0.29, 0.717) is 6.54 Å². The van der Waals surface area contributed by atoms with E-state index in [0.717, 1.165) is 30.6 Å². The first-order chi connectivity index (χ1) is 9.15. The van der Waals surface area contributed by atoms with Crippen LogP contribution in [0.25, 0.3) is 0 Å². The summed E-state index contributed by atoms with van der Waals surface area (Å²) in [6.07, 6.45) is 5.16. The molecule has 0 aromatic carbocycles. The largest absolute Gasteiger partial charge is 0.355 e. The Balaban J connectivity index is 2.28. The molecule has 0 spiro atoms. The van der Waals surface area contributed by atoms with E-state index in [9.17, 15) is 4.79 Å². The van der Waals surface area contributed by atoms with Crippen LogP contribution in [0, 0.1) is 6.92 Å². The fourth-order valence-electron chi connectivity index (χ4n) is 1.79. The Bertz CT molecular complexity index is 393. The molecule has 0 aliphatic heterocycles. The van der Waals surface area contributed by atoms with Gasteiger partial charge in [0.05, 0.1) is 11.7 Å². The molecule has 2 N–H and O–H groups in total. The Morgan fingerprint density at radius 1 is 1.42 bits per heavy atom. The molecule has 1 atom stereocenters. The number of rotatable bonds is 8. The zero-order chi connectivity index (χ0) is 14.1. The molecule has 106 valence electrons. The van der Waals surface area contributed by atoms with E-state index < -0.39 is 0 Å². The normalized spacial score (nSPS) is 12.2. The number of carbonyl (C=O) groups is 1. The zero-order valence-electron chi connectivity index (χ0n) is 12.2. The second-order valence-electron chi connectivity index (χ2n) is 4.87. The van der Waals surface area contributed by atoms with Gasteiger partial charge in [-0.2, -0.15) is 0 Å².